The Kier molecular flexibility index (Phi) is 6.07. The molecule has 2 heterocycles. The topological polar surface area (TPSA) is 32.8 Å². The Balaban J connectivity index is 1.43. The fourth-order valence-electron chi connectivity index (χ4n) is 4.05. The summed E-state index contributed by atoms with van der Waals surface area (Å²) >= 11 is 0. The summed E-state index contributed by atoms with van der Waals surface area (Å²) in [6.07, 6.45) is 3.11. The second-order valence-electron chi connectivity index (χ2n) is 7.60. The molecule has 0 spiro atoms. The zero-order valence-electron chi connectivity index (χ0n) is 15.3. The van der Waals surface area contributed by atoms with Crippen LogP contribution in [0.15, 0.2) is 24.3 Å². The molecule has 0 unspecified atom stereocenters. The summed E-state index contributed by atoms with van der Waals surface area (Å²) in [6, 6.07) is 6.22. The average molecular weight is 348 g/mol. The van der Waals surface area contributed by atoms with E-state index < -0.39 is 0 Å². The molecule has 1 aromatic rings. The van der Waals surface area contributed by atoms with E-state index >= 15 is 0 Å². The average Bonchev–Trinajstić information content (AvgIpc) is 2.56. The SMILES string of the molecule is C[C@@H]1CN(CC2CCN(C(=O)Cc3ccc(F)cc3)CC2)C[C@@H](C)O1. The molecule has 0 N–H and O–H groups in total. The van der Waals surface area contributed by atoms with Gasteiger partial charge in [-0.2, -0.15) is 0 Å². The highest BCUT2D eigenvalue weighted by Crippen LogP contribution is 2.21. The quantitative estimate of drug-likeness (QED) is 0.839. The van der Waals surface area contributed by atoms with Crippen LogP contribution < -0.4 is 0 Å². The number of halogens is 1. The predicted octanol–water partition coefficient (Wildman–Crippen LogP) is 2.72. The number of hydrogen-bond donors (Lipinski definition) is 0. The number of carbonyl (C=O) groups is 1. The van der Waals surface area contributed by atoms with Crippen LogP contribution in [-0.4, -0.2) is 60.6 Å². The van der Waals surface area contributed by atoms with Crippen LogP contribution in [0.25, 0.3) is 0 Å². The molecule has 4 nitrogen and oxygen atoms in total. The van der Waals surface area contributed by atoms with Crippen LogP contribution in [0.5, 0.6) is 0 Å². The van der Waals surface area contributed by atoms with Gasteiger partial charge in [-0.15, -0.1) is 0 Å². The molecule has 0 radical (unpaired) electrons. The molecule has 2 aliphatic heterocycles. The lowest BCUT2D eigenvalue weighted by molar-refractivity contribution is -0.132. The Hall–Kier alpha value is -1.46. The lowest BCUT2D eigenvalue weighted by Gasteiger charge is -2.39. The van der Waals surface area contributed by atoms with Crippen molar-refractivity contribution in [2.45, 2.75) is 45.3 Å². The van der Waals surface area contributed by atoms with Gasteiger partial charge in [-0.3, -0.25) is 9.69 Å². The molecule has 25 heavy (non-hydrogen) atoms. The van der Waals surface area contributed by atoms with Crippen LogP contribution >= 0.6 is 0 Å². The molecule has 0 saturated carbocycles. The van der Waals surface area contributed by atoms with E-state index in [0.717, 1.165) is 51.1 Å². The van der Waals surface area contributed by atoms with Crippen LogP contribution in [0.4, 0.5) is 4.39 Å². The fraction of sp³-hybridized carbons (Fsp3) is 0.650. The van der Waals surface area contributed by atoms with Crippen LogP contribution in [-0.2, 0) is 16.0 Å². The van der Waals surface area contributed by atoms with Crippen LogP contribution in [0.3, 0.4) is 0 Å². The number of hydrogen-bond acceptors (Lipinski definition) is 3. The molecule has 1 amide bonds. The number of benzene rings is 1. The lowest BCUT2D eigenvalue weighted by Crippen LogP contribution is -2.48. The van der Waals surface area contributed by atoms with Crippen LogP contribution in [0.2, 0.25) is 0 Å². The van der Waals surface area contributed by atoms with Crippen molar-refractivity contribution < 1.29 is 13.9 Å². The van der Waals surface area contributed by atoms with E-state index in [4.69, 9.17) is 4.74 Å². The lowest BCUT2D eigenvalue weighted by atomic mass is 9.95. The first-order valence-corrected chi connectivity index (χ1v) is 9.39. The molecule has 5 heteroatoms. The van der Waals surface area contributed by atoms with Gasteiger partial charge in [-0.25, -0.2) is 4.39 Å². The van der Waals surface area contributed by atoms with Gasteiger partial charge in [0, 0.05) is 32.7 Å². The van der Waals surface area contributed by atoms with Gasteiger partial charge in [0.25, 0.3) is 0 Å². The number of amides is 1. The smallest absolute Gasteiger partial charge is 0.226 e. The van der Waals surface area contributed by atoms with Gasteiger partial charge < -0.3 is 9.64 Å². The Bertz CT molecular complexity index is 560. The molecule has 2 fully saturated rings. The fourth-order valence-corrected chi connectivity index (χ4v) is 4.05. The van der Waals surface area contributed by atoms with Gasteiger partial charge >= 0.3 is 0 Å². The highest BCUT2D eigenvalue weighted by Gasteiger charge is 2.27. The Morgan fingerprint density at radius 1 is 1.12 bits per heavy atom. The number of likely N-dealkylation sites (tertiary alicyclic amines) is 1. The molecule has 3 rings (SSSR count). The number of ether oxygens (including phenoxy) is 1. The maximum atomic E-state index is 13.0. The normalized spacial score (nSPS) is 26.0. The molecule has 0 bridgehead atoms. The van der Waals surface area contributed by atoms with Gasteiger partial charge in [-0.1, -0.05) is 12.1 Å². The molecule has 2 atom stereocenters. The van der Waals surface area contributed by atoms with Crippen molar-refractivity contribution in [3.05, 3.63) is 35.6 Å². The van der Waals surface area contributed by atoms with Crippen molar-refractivity contribution in [1.29, 1.82) is 0 Å². The molecule has 138 valence electrons. The summed E-state index contributed by atoms with van der Waals surface area (Å²) < 4.78 is 18.8. The third-order valence-electron chi connectivity index (χ3n) is 5.25. The van der Waals surface area contributed by atoms with Gasteiger partial charge in [0.15, 0.2) is 0 Å². The van der Waals surface area contributed by atoms with Gasteiger partial charge in [0.1, 0.15) is 5.82 Å². The number of morpholine rings is 1. The third kappa shape index (κ3) is 5.25. The first-order valence-electron chi connectivity index (χ1n) is 9.39. The standard InChI is InChI=1S/C20H29FN2O2/c1-15-12-22(13-16(2)25-15)14-18-7-9-23(10-8-18)20(24)11-17-3-5-19(21)6-4-17/h3-6,15-16,18H,7-14H2,1-2H3/t15-,16-/m1/s1. The summed E-state index contributed by atoms with van der Waals surface area (Å²) in [4.78, 5) is 16.9. The van der Waals surface area contributed by atoms with E-state index in [-0.39, 0.29) is 11.7 Å². The minimum Gasteiger partial charge on any atom is -0.373 e. The highest BCUT2D eigenvalue weighted by atomic mass is 19.1. The van der Waals surface area contributed by atoms with Crippen molar-refractivity contribution in [3.63, 3.8) is 0 Å². The van der Waals surface area contributed by atoms with Crippen molar-refractivity contribution in [1.82, 2.24) is 9.80 Å². The predicted molar refractivity (Wildman–Crippen MR) is 95.9 cm³/mol. The van der Waals surface area contributed by atoms with Crippen molar-refractivity contribution >= 4 is 5.91 Å². The molecule has 0 aromatic heterocycles. The number of piperidine rings is 1. The van der Waals surface area contributed by atoms with Crippen molar-refractivity contribution in [2.75, 3.05) is 32.7 Å². The van der Waals surface area contributed by atoms with Gasteiger partial charge in [0.05, 0.1) is 18.6 Å². The monoisotopic (exact) mass is 348 g/mol. The number of rotatable bonds is 4. The first-order chi connectivity index (χ1) is 12.0. The Morgan fingerprint density at radius 2 is 1.72 bits per heavy atom. The minimum absolute atomic E-state index is 0.152. The van der Waals surface area contributed by atoms with Gasteiger partial charge in [0.2, 0.25) is 5.91 Å². The molecule has 1 aromatic carbocycles. The molecule has 2 saturated heterocycles. The summed E-state index contributed by atoms with van der Waals surface area (Å²) in [5, 5.41) is 0. The summed E-state index contributed by atoms with van der Waals surface area (Å²) in [5.41, 5.74) is 0.879. The molecule has 0 aliphatic carbocycles. The van der Waals surface area contributed by atoms with E-state index in [1.807, 2.05) is 4.90 Å². The highest BCUT2D eigenvalue weighted by molar-refractivity contribution is 5.78. The van der Waals surface area contributed by atoms with E-state index in [0.29, 0.717) is 24.5 Å². The summed E-state index contributed by atoms with van der Waals surface area (Å²) in [6.45, 7) is 9.07. The molecular formula is C20H29FN2O2. The van der Waals surface area contributed by atoms with E-state index in [9.17, 15) is 9.18 Å². The summed E-state index contributed by atoms with van der Waals surface area (Å²) in [7, 11) is 0. The van der Waals surface area contributed by atoms with Crippen molar-refractivity contribution in [3.8, 4) is 0 Å². The largest absolute Gasteiger partial charge is 0.373 e. The van der Waals surface area contributed by atoms with Crippen LogP contribution in [0.1, 0.15) is 32.3 Å². The van der Waals surface area contributed by atoms with E-state index in [1.165, 1.54) is 12.1 Å². The van der Waals surface area contributed by atoms with Crippen molar-refractivity contribution in [2.24, 2.45) is 5.92 Å². The maximum Gasteiger partial charge on any atom is 0.226 e. The third-order valence-corrected chi connectivity index (χ3v) is 5.25. The zero-order chi connectivity index (χ0) is 17.8. The zero-order valence-corrected chi connectivity index (χ0v) is 15.3. The first kappa shape index (κ1) is 18.3. The Morgan fingerprint density at radius 3 is 2.32 bits per heavy atom. The minimum atomic E-state index is -0.260. The number of nitrogens with zero attached hydrogens (tertiary/aromatic N) is 2. The second kappa shape index (κ2) is 8.28. The number of carbonyl (C=O) groups excluding carboxylic acids is 1. The molecular weight excluding hydrogens is 319 g/mol. The van der Waals surface area contributed by atoms with E-state index in [1.54, 1.807) is 12.1 Å². The second-order valence-corrected chi connectivity index (χ2v) is 7.60. The molecule has 2 aliphatic rings. The maximum absolute atomic E-state index is 13.0. The van der Waals surface area contributed by atoms with E-state index in [2.05, 4.69) is 18.7 Å². The Labute approximate surface area is 149 Å². The van der Waals surface area contributed by atoms with Crippen LogP contribution in [0, 0.1) is 11.7 Å². The van der Waals surface area contributed by atoms with Gasteiger partial charge in [-0.05, 0) is 50.3 Å². The summed E-state index contributed by atoms with van der Waals surface area (Å²) in [5.74, 6) is 0.551.